The molecule has 0 bridgehead atoms. The zero-order valence-corrected chi connectivity index (χ0v) is 14.7. The maximum absolute atomic E-state index is 12.7. The van der Waals surface area contributed by atoms with Crippen molar-refractivity contribution in [3.8, 4) is 5.75 Å². The molecule has 1 fully saturated rings. The maximum Gasteiger partial charge on any atom is 0.229 e. The van der Waals surface area contributed by atoms with Gasteiger partial charge in [-0.3, -0.25) is 4.79 Å². The second-order valence-corrected chi connectivity index (χ2v) is 7.27. The van der Waals surface area contributed by atoms with Crippen LogP contribution in [0.3, 0.4) is 0 Å². The van der Waals surface area contributed by atoms with E-state index in [-0.39, 0.29) is 12.1 Å². The summed E-state index contributed by atoms with van der Waals surface area (Å²) in [6.07, 6.45) is 3.57. The topological polar surface area (TPSA) is 41.6 Å². The molecular weight excluding hydrogens is 320 g/mol. The van der Waals surface area contributed by atoms with Crippen molar-refractivity contribution in [2.45, 2.75) is 25.9 Å². The lowest BCUT2D eigenvalue weighted by molar-refractivity contribution is -0.130. The number of hydrogen-bond acceptors (Lipinski definition) is 4. The van der Waals surface area contributed by atoms with Crippen LogP contribution in [0.4, 0.5) is 5.69 Å². The second-order valence-electron chi connectivity index (χ2n) is 6.23. The van der Waals surface area contributed by atoms with E-state index in [1.54, 1.807) is 18.4 Å². The van der Waals surface area contributed by atoms with E-state index in [0.717, 1.165) is 29.3 Å². The van der Waals surface area contributed by atoms with Crippen LogP contribution in [0.15, 0.2) is 35.2 Å². The van der Waals surface area contributed by atoms with Crippen LogP contribution in [-0.2, 0) is 11.2 Å². The van der Waals surface area contributed by atoms with Crippen molar-refractivity contribution in [2.24, 2.45) is 0 Å². The number of rotatable bonds is 3. The summed E-state index contributed by atoms with van der Waals surface area (Å²) in [7, 11) is 1.68. The predicted molar refractivity (Wildman–Crippen MR) is 97.5 cm³/mol. The molecule has 1 aromatic carbocycles. The minimum absolute atomic E-state index is 0.0549. The van der Waals surface area contributed by atoms with Gasteiger partial charge in [-0.1, -0.05) is 12.1 Å². The minimum atomic E-state index is -0.0549. The first kappa shape index (κ1) is 15.3. The Morgan fingerprint density at radius 2 is 2.29 bits per heavy atom. The van der Waals surface area contributed by atoms with Crippen LogP contribution < -0.4 is 10.1 Å². The van der Waals surface area contributed by atoms with Gasteiger partial charge in [-0.2, -0.15) is 0 Å². The van der Waals surface area contributed by atoms with Gasteiger partial charge in [0.05, 0.1) is 19.2 Å². The number of benzene rings is 1. The summed E-state index contributed by atoms with van der Waals surface area (Å²) in [5.74, 6) is 0.997. The number of amides is 1. The van der Waals surface area contributed by atoms with Crippen molar-refractivity contribution in [1.82, 2.24) is 4.90 Å². The monoisotopic (exact) mass is 340 g/mol. The number of hydrogen-bond donors (Lipinski definition) is 1. The fourth-order valence-electron chi connectivity index (χ4n) is 3.50. The summed E-state index contributed by atoms with van der Waals surface area (Å²) in [5.41, 5.74) is 4.65. The number of fused-ring (bicyclic) bond motifs is 2. The smallest absolute Gasteiger partial charge is 0.229 e. The van der Waals surface area contributed by atoms with Crippen LogP contribution >= 0.6 is 11.3 Å². The highest BCUT2D eigenvalue weighted by atomic mass is 32.1. The molecule has 1 aromatic heterocycles. The molecule has 1 saturated heterocycles. The molecule has 1 N–H and O–H groups in total. The van der Waals surface area contributed by atoms with Gasteiger partial charge in [0.1, 0.15) is 11.9 Å². The maximum atomic E-state index is 12.7. The second kappa shape index (κ2) is 5.98. The highest BCUT2D eigenvalue weighted by Gasteiger charge is 2.36. The number of nitrogens with one attached hydrogen (secondary N) is 1. The van der Waals surface area contributed by atoms with Gasteiger partial charge in [0, 0.05) is 17.0 Å². The molecule has 0 saturated carbocycles. The number of carbonyl (C=O) groups is 1. The van der Waals surface area contributed by atoms with Gasteiger partial charge in [0.25, 0.3) is 0 Å². The van der Waals surface area contributed by atoms with E-state index in [0.29, 0.717) is 6.42 Å². The number of ether oxygens (including phenoxy) is 1. The van der Waals surface area contributed by atoms with Crippen LogP contribution in [-0.4, -0.2) is 30.6 Å². The molecule has 2 aromatic rings. The summed E-state index contributed by atoms with van der Waals surface area (Å²) < 4.78 is 5.50. The molecule has 3 heterocycles. The van der Waals surface area contributed by atoms with Crippen molar-refractivity contribution >= 4 is 29.0 Å². The Morgan fingerprint density at radius 3 is 3.04 bits per heavy atom. The van der Waals surface area contributed by atoms with Crippen molar-refractivity contribution in [3.63, 3.8) is 0 Å². The number of carbonyl (C=O) groups excluding carboxylic acids is 1. The quantitative estimate of drug-likeness (QED) is 0.927. The fraction of sp³-hybridized carbons (Fsp3) is 0.316. The summed E-state index contributed by atoms with van der Waals surface area (Å²) in [5, 5.41) is 5.56. The zero-order chi connectivity index (χ0) is 16.7. The van der Waals surface area contributed by atoms with Crippen molar-refractivity contribution in [2.75, 3.05) is 19.0 Å². The van der Waals surface area contributed by atoms with Crippen LogP contribution in [0.25, 0.3) is 6.08 Å². The first-order valence-electron chi connectivity index (χ1n) is 8.14. The Balaban J connectivity index is 1.63. The third-order valence-corrected chi connectivity index (χ3v) is 5.66. The molecule has 4 rings (SSSR count). The summed E-state index contributed by atoms with van der Waals surface area (Å²) in [4.78, 5) is 15.8. The number of methoxy groups -OCH3 is 1. The number of nitrogens with zero attached hydrogens (tertiary/aromatic N) is 1. The number of aryl methyl sites for hydroxylation is 1. The van der Waals surface area contributed by atoms with Crippen molar-refractivity contribution < 1.29 is 9.53 Å². The molecule has 24 heavy (non-hydrogen) atoms. The summed E-state index contributed by atoms with van der Waals surface area (Å²) >= 11 is 1.63. The van der Waals surface area contributed by atoms with E-state index < -0.39 is 0 Å². The first-order chi connectivity index (χ1) is 11.7. The van der Waals surface area contributed by atoms with Crippen molar-refractivity contribution in [1.29, 1.82) is 0 Å². The molecule has 1 amide bonds. The van der Waals surface area contributed by atoms with Gasteiger partial charge < -0.3 is 15.0 Å². The van der Waals surface area contributed by atoms with Gasteiger partial charge in [-0.25, -0.2) is 0 Å². The Hall–Kier alpha value is -2.27. The van der Waals surface area contributed by atoms with E-state index in [9.17, 15) is 4.79 Å². The lowest BCUT2D eigenvalue weighted by Crippen LogP contribution is -2.42. The Labute approximate surface area is 145 Å². The fourth-order valence-corrected chi connectivity index (χ4v) is 4.20. The molecule has 124 valence electrons. The lowest BCUT2D eigenvalue weighted by Gasteiger charge is -2.31. The third kappa shape index (κ3) is 2.49. The van der Waals surface area contributed by atoms with Crippen molar-refractivity contribution in [3.05, 3.63) is 51.2 Å². The van der Waals surface area contributed by atoms with Gasteiger partial charge in [-0.05, 0) is 48.1 Å². The van der Waals surface area contributed by atoms with Crippen LogP contribution in [0.1, 0.15) is 22.4 Å². The summed E-state index contributed by atoms with van der Waals surface area (Å²) in [6, 6.07) is 8.06. The van der Waals surface area contributed by atoms with Crippen LogP contribution in [0.2, 0.25) is 0 Å². The predicted octanol–water partition coefficient (Wildman–Crippen LogP) is 3.68. The lowest BCUT2D eigenvalue weighted by atomic mass is 9.97. The Bertz CT molecular complexity index is 811. The number of anilines is 1. The standard InChI is InChI=1S/C19H20N2O2S/c1-12-5-6-16(23-2)18-15(12)10-13-7-8-21(19(13)20-18)17(22)11-14-4-3-9-24-14/h3-6,9-10,19-20H,7-8,11H2,1-2H3. The van der Waals surface area contributed by atoms with E-state index >= 15 is 0 Å². The molecule has 1 unspecified atom stereocenters. The minimum Gasteiger partial charge on any atom is -0.495 e. The SMILES string of the molecule is COc1ccc(C)c2c1NC1C(=C2)CCN1C(=O)Cc1cccs1. The summed E-state index contributed by atoms with van der Waals surface area (Å²) in [6.45, 7) is 2.87. The molecule has 1 atom stereocenters. The molecular formula is C19H20N2O2S. The molecule has 0 spiro atoms. The normalized spacial score (nSPS) is 18.5. The van der Waals surface area contributed by atoms with Gasteiger partial charge in [0.15, 0.2) is 0 Å². The van der Waals surface area contributed by atoms with Crippen LogP contribution in [0, 0.1) is 6.92 Å². The average molecular weight is 340 g/mol. The van der Waals surface area contributed by atoms with E-state index in [2.05, 4.69) is 24.4 Å². The van der Waals surface area contributed by atoms with Crippen LogP contribution in [0.5, 0.6) is 5.75 Å². The molecule has 4 nitrogen and oxygen atoms in total. The van der Waals surface area contributed by atoms with Gasteiger partial charge in [0.2, 0.25) is 5.91 Å². The molecule has 2 aliphatic heterocycles. The first-order valence-corrected chi connectivity index (χ1v) is 9.02. The zero-order valence-electron chi connectivity index (χ0n) is 13.8. The van der Waals surface area contributed by atoms with Gasteiger partial charge in [-0.15, -0.1) is 11.3 Å². The molecule has 0 radical (unpaired) electrons. The highest BCUT2D eigenvalue weighted by Crippen LogP contribution is 2.40. The Morgan fingerprint density at radius 1 is 1.42 bits per heavy atom. The molecule has 0 aliphatic carbocycles. The van der Waals surface area contributed by atoms with Gasteiger partial charge >= 0.3 is 0 Å². The average Bonchev–Trinajstić information content (AvgIpc) is 3.23. The third-order valence-electron chi connectivity index (χ3n) is 4.79. The number of thiophene rings is 1. The highest BCUT2D eigenvalue weighted by molar-refractivity contribution is 7.10. The van der Waals surface area contributed by atoms with E-state index in [4.69, 9.17) is 4.74 Å². The van der Waals surface area contributed by atoms with E-state index in [1.165, 1.54) is 16.7 Å². The molecule has 5 heteroatoms. The Kier molecular flexibility index (Phi) is 3.81. The number of likely N-dealkylation sites (tertiary alicyclic amines) is 1. The largest absolute Gasteiger partial charge is 0.495 e. The molecule has 2 aliphatic rings. The van der Waals surface area contributed by atoms with E-state index in [1.807, 2.05) is 28.5 Å².